The van der Waals surface area contributed by atoms with Gasteiger partial charge in [0.2, 0.25) is 0 Å². The van der Waals surface area contributed by atoms with Gasteiger partial charge >= 0.3 is 0 Å². The first-order valence-electron chi connectivity index (χ1n) is 8.60. The maximum Gasteiger partial charge on any atom is 0.292 e. The summed E-state index contributed by atoms with van der Waals surface area (Å²) in [6.07, 6.45) is 0.970. The van der Waals surface area contributed by atoms with Crippen molar-refractivity contribution in [2.45, 2.75) is 19.9 Å². The van der Waals surface area contributed by atoms with Crippen LogP contribution in [0, 0.1) is 17.0 Å². The monoisotopic (exact) mass is 340 g/mol. The van der Waals surface area contributed by atoms with Crippen LogP contribution >= 0.6 is 0 Å². The van der Waals surface area contributed by atoms with Crippen LogP contribution in [0.4, 0.5) is 17.1 Å². The molecule has 0 radical (unpaired) electrons. The summed E-state index contributed by atoms with van der Waals surface area (Å²) in [5.74, 6) is 0. The molecule has 1 aliphatic rings. The third kappa shape index (κ3) is 4.09. The highest BCUT2D eigenvalue weighted by Crippen LogP contribution is 2.33. The van der Waals surface area contributed by atoms with Gasteiger partial charge in [-0.2, -0.15) is 0 Å². The van der Waals surface area contributed by atoms with E-state index in [4.69, 9.17) is 5.73 Å². The number of anilines is 2. The largest absolute Gasteiger partial charge is 0.398 e. The lowest BCUT2D eigenvalue weighted by Crippen LogP contribution is -2.31. The van der Waals surface area contributed by atoms with E-state index in [2.05, 4.69) is 34.1 Å². The number of nitro benzene ring substituents is 1. The number of nitro groups is 1. The molecule has 0 aromatic heterocycles. The van der Waals surface area contributed by atoms with Gasteiger partial charge in [0.05, 0.1) is 4.92 Å². The zero-order valence-electron chi connectivity index (χ0n) is 14.5. The van der Waals surface area contributed by atoms with Gasteiger partial charge in [0.25, 0.3) is 5.69 Å². The fourth-order valence-electron chi connectivity index (χ4n) is 3.31. The Morgan fingerprint density at radius 2 is 1.88 bits per heavy atom. The summed E-state index contributed by atoms with van der Waals surface area (Å²) in [5.41, 5.74) is 9.42. The number of aryl methyl sites for hydroxylation is 1. The van der Waals surface area contributed by atoms with Crippen molar-refractivity contribution in [2.75, 3.05) is 36.8 Å². The lowest BCUT2D eigenvalue weighted by molar-refractivity contribution is -0.384. The normalized spacial score (nSPS) is 15.8. The summed E-state index contributed by atoms with van der Waals surface area (Å²) in [6, 6.07) is 13.7. The van der Waals surface area contributed by atoms with Crippen LogP contribution < -0.4 is 10.6 Å². The lowest BCUT2D eigenvalue weighted by atomic mass is 10.1. The molecule has 0 saturated carbocycles. The van der Waals surface area contributed by atoms with Crippen molar-refractivity contribution in [1.29, 1.82) is 0 Å². The van der Waals surface area contributed by atoms with Crippen LogP contribution in [0.25, 0.3) is 0 Å². The van der Waals surface area contributed by atoms with E-state index in [9.17, 15) is 10.1 Å². The summed E-state index contributed by atoms with van der Waals surface area (Å²) in [5, 5.41) is 11.4. The second kappa shape index (κ2) is 7.53. The Morgan fingerprint density at radius 1 is 1.12 bits per heavy atom. The van der Waals surface area contributed by atoms with Crippen LogP contribution in [-0.2, 0) is 6.54 Å². The van der Waals surface area contributed by atoms with Gasteiger partial charge in [-0.15, -0.1) is 0 Å². The number of rotatable bonds is 4. The Labute approximate surface area is 148 Å². The number of nitrogens with two attached hydrogens (primary N) is 1. The third-order valence-electron chi connectivity index (χ3n) is 4.74. The van der Waals surface area contributed by atoms with E-state index in [0.29, 0.717) is 11.4 Å². The maximum atomic E-state index is 11.4. The molecule has 6 heteroatoms. The number of nitrogens with zero attached hydrogens (tertiary/aromatic N) is 3. The van der Waals surface area contributed by atoms with Gasteiger partial charge in [-0.05, 0) is 30.5 Å². The van der Waals surface area contributed by atoms with Crippen molar-refractivity contribution < 1.29 is 4.92 Å². The molecule has 0 bridgehead atoms. The molecule has 0 aliphatic carbocycles. The van der Waals surface area contributed by atoms with Gasteiger partial charge < -0.3 is 10.6 Å². The second-order valence-corrected chi connectivity index (χ2v) is 6.56. The molecule has 0 spiro atoms. The molecular weight excluding hydrogens is 316 g/mol. The molecule has 1 aliphatic heterocycles. The van der Waals surface area contributed by atoms with E-state index < -0.39 is 0 Å². The SMILES string of the molecule is Cc1cc([N+](=O)[O-])c(N2CCCN(Cc3ccccc3)CC2)cc1N. The Bertz CT molecular complexity index is 749. The van der Waals surface area contributed by atoms with Crippen molar-refractivity contribution in [2.24, 2.45) is 0 Å². The maximum absolute atomic E-state index is 11.4. The highest BCUT2D eigenvalue weighted by Gasteiger charge is 2.23. The first kappa shape index (κ1) is 17.2. The summed E-state index contributed by atoms with van der Waals surface area (Å²) in [6.45, 7) is 6.13. The van der Waals surface area contributed by atoms with E-state index in [0.717, 1.165) is 44.7 Å². The summed E-state index contributed by atoms with van der Waals surface area (Å²) in [4.78, 5) is 15.6. The van der Waals surface area contributed by atoms with Crippen LogP contribution in [0.5, 0.6) is 0 Å². The van der Waals surface area contributed by atoms with Crippen LogP contribution in [0.15, 0.2) is 42.5 Å². The van der Waals surface area contributed by atoms with E-state index in [1.54, 1.807) is 19.1 Å². The predicted octanol–water partition coefficient (Wildman–Crippen LogP) is 3.20. The summed E-state index contributed by atoms with van der Waals surface area (Å²) < 4.78 is 0. The molecule has 0 unspecified atom stereocenters. The second-order valence-electron chi connectivity index (χ2n) is 6.56. The molecule has 1 fully saturated rings. The Morgan fingerprint density at radius 3 is 2.60 bits per heavy atom. The molecule has 2 aromatic rings. The van der Waals surface area contributed by atoms with Crippen LogP contribution in [0.1, 0.15) is 17.5 Å². The number of benzene rings is 2. The quantitative estimate of drug-likeness (QED) is 0.525. The highest BCUT2D eigenvalue weighted by molar-refractivity contribution is 5.71. The standard InChI is InChI=1S/C19H24N4O2/c1-15-12-19(23(24)25)18(13-17(15)20)22-9-5-8-21(10-11-22)14-16-6-3-2-4-7-16/h2-4,6-7,12-13H,5,8-11,14,20H2,1H3. The summed E-state index contributed by atoms with van der Waals surface area (Å²) in [7, 11) is 0. The van der Waals surface area contributed by atoms with Gasteiger partial charge in [0, 0.05) is 44.5 Å². The van der Waals surface area contributed by atoms with Crippen molar-refractivity contribution in [3.05, 3.63) is 63.7 Å². The smallest absolute Gasteiger partial charge is 0.292 e. The van der Waals surface area contributed by atoms with Crippen molar-refractivity contribution in [1.82, 2.24) is 4.90 Å². The Kier molecular flexibility index (Phi) is 5.19. The van der Waals surface area contributed by atoms with Crippen molar-refractivity contribution in [3.63, 3.8) is 0 Å². The van der Waals surface area contributed by atoms with Gasteiger partial charge in [-0.1, -0.05) is 30.3 Å². The van der Waals surface area contributed by atoms with E-state index in [-0.39, 0.29) is 10.6 Å². The Hall–Kier alpha value is -2.60. The molecular formula is C19H24N4O2. The average molecular weight is 340 g/mol. The lowest BCUT2D eigenvalue weighted by Gasteiger charge is -2.24. The van der Waals surface area contributed by atoms with Gasteiger partial charge in [0.1, 0.15) is 5.69 Å². The van der Waals surface area contributed by atoms with Crippen molar-refractivity contribution >= 4 is 17.1 Å². The van der Waals surface area contributed by atoms with E-state index in [1.165, 1.54) is 5.56 Å². The molecule has 2 N–H and O–H groups in total. The molecule has 1 heterocycles. The molecule has 25 heavy (non-hydrogen) atoms. The van der Waals surface area contributed by atoms with Crippen LogP contribution in [0.3, 0.4) is 0 Å². The van der Waals surface area contributed by atoms with Crippen molar-refractivity contribution in [3.8, 4) is 0 Å². The molecule has 1 saturated heterocycles. The molecule has 6 nitrogen and oxygen atoms in total. The fraction of sp³-hybridized carbons (Fsp3) is 0.368. The van der Waals surface area contributed by atoms with Crippen LogP contribution in [0.2, 0.25) is 0 Å². The van der Waals surface area contributed by atoms with E-state index in [1.807, 2.05) is 6.07 Å². The zero-order valence-corrected chi connectivity index (χ0v) is 14.5. The first-order chi connectivity index (χ1) is 12.0. The van der Waals surface area contributed by atoms with Gasteiger partial charge in [-0.3, -0.25) is 15.0 Å². The Balaban J connectivity index is 1.75. The third-order valence-corrected chi connectivity index (χ3v) is 4.74. The molecule has 2 aromatic carbocycles. The number of nitrogen functional groups attached to an aromatic ring is 1. The van der Waals surface area contributed by atoms with Crippen LogP contribution in [-0.4, -0.2) is 36.0 Å². The van der Waals surface area contributed by atoms with Gasteiger partial charge in [-0.25, -0.2) is 0 Å². The minimum atomic E-state index is -0.311. The summed E-state index contributed by atoms with van der Waals surface area (Å²) >= 11 is 0. The molecule has 0 atom stereocenters. The molecule has 132 valence electrons. The predicted molar refractivity (Wildman–Crippen MR) is 101 cm³/mol. The highest BCUT2D eigenvalue weighted by atomic mass is 16.6. The minimum Gasteiger partial charge on any atom is -0.398 e. The average Bonchev–Trinajstić information content (AvgIpc) is 2.83. The topological polar surface area (TPSA) is 75.6 Å². The van der Waals surface area contributed by atoms with E-state index >= 15 is 0 Å². The number of hydrogen-bond donors (Lipinski definition) is 1. The fourth-order valence-corrected chi connectivity index (χ4v) is 3.31. The first-order valence-corrected chi connectivity index (χ1v) is 8.60. The molecule has 0 amide bonds. The van der Waals surface area contributed by atoms with Gasteiger partial charge in [0.15, 0.2) is 0 Å². The number of hydrogen-bond acceptors (Lipinski definition) is 5. The zero-order chi connectivity index (χ0) is 17.8. The molecule has 3 rings (SSSR count). The minimum absolute atomic E-state index is 0.142.